The molecule has 2 aromatic carbocycles. The molecule has 1 aliphatic carbocycles. The maximum absolute atomic E-state index is 12.3. The third kappa shape index (κ3) is 6.61. The van der Waals surface area contributed by atoms with E-state index >= 15 is 0 Å². The molecule has 5 nitrogen and oxygen atoms in total. The number of alkyl halides is 2. The Labute approximate surface area is 186 Å². The van der Waals surface area contributed by atoms with E-state index in [1.807, 2.05) is 18.2 Å². The minimum Gasteiger partial charge on any atom is -0.493 e. The van der Waals surface area contributed by atoms with Crippen LogP contribution in [0.4, 0.5) is 8.78 Å². The molecule has 0 aromatic heterocycles. The molecule has 170 valence electrons. The third-order valence-electron chi connectivity index (χ3n) is 5.25. The third-order valence-corrected chi connectivity index (χ3v) is 5.25. The van der Waals surface area contributed by atoms with Gasteiger partial charge in [0.25, 0.3) is 0 Å². The summed E-state index contributed by atoms with van der Waals surface area (Å²) in [6, 6.07) is 11.5. The van der Waals surface area contributed by atoms with Crippen LogP contribution in [0, 0.1) is 11.8 Å². The molecule has 0 spiro atoms. The minimum absolute atomic E-state index is 0.0560. The minimum atomic E-state index is -2.88. The first-order valence-corrected chi connectivity index (χ1v) is 10.5. The summed E-state index contributed by atoms with van der Waals surface area (Å²) in [5.41, 5.74) is 1.41. The normalized spacial score (nSPS) is 14.4. The molecule has 0 heterocycles. The van der Waals surface area contributed by atoms with E-state index in [-0.39, 0.29) is 24.2 Å². The summed E-state index contributed by atoms with van der Waals surface area (Å²) in [4.78, 5) is 12.0. The van der Waals surface area contributed by atoms with Crippen LogP contribution in [0.5, 0.6) is 17.2 Å². The molecule has 0 aliphatic heterocycles. The summed E-state index contributed by atoms with van der Waals surface area (Å²) < 4.78 is 45.4. The lowest BCUT2D eigenvalue weighted by Crippen LogP contribution is -2.12. The molecule has 1 fully saturated rings. The molecule has 0 bridgehead atoms. The van der Waals surface area contributed by atoms with Crippen LogP contribution in [0.15, 0.2) is 42.5 Å². The zero-order valence-electron chi connectivity index (χ0n) is 18.1. The average Bonchev–Trinajstić information content (AvgIpc) is 3.30. The number of esters is 1. The molecule has 32 heavy (non-hydrogen) atoms. The number of methoxy groups -OCH3 is 2. The van der Waals surface area contributed by atoms with E-state index < -0.39 is 12.5 Å². The number of carbonyl (C=O) groups excluding carboxylic acids is 1. The molecule has 0 saturated heterocycles. The van der Waals surface area contributed by atoms with Crippen LogP contribution >= 0.6 is 0 Å². The second-order valence-corrected chi connectivity index (χ2v) is 7.44. The van der Waals surface area contributed by atoms with Gasteiger partial charge in [0.15, 0.2) is 11.5 Å². The van der Waals surface area contributed by atoms with Crippen molar-refractivity contribution in [2.24, 2.45) is 0 Å². The van der Waals surface area contributed by atoms with Gasteiger partial charge in [0.2, 0.25) is 0 Å². The van der Waals surface area contributed by atoms with E-state index in [0.29, 0.717) is 17.1 Å². The molecular formula is C25H26F2O5. The van der Waals surface area contributed by atoms with Gasteiger partial charge in [0.1, 0.15) is 5.75 Å². The molecule has 3 rings (SSSR count). The Hall–Kier alpha value is -3.27. The van der Waals surface area contributed by atoms with Crippen molar-refractivity contribution < 1.29 is 32.5 Å². The first-order chi connectivity index (χ1) is 15.5. The lowest BCUT2D eigenvalue weighted by atomic mass is 9.95. The number of hydrogen-bond acceptors (Lipinski definition) is 5. The highest BCUT2D eigenvalue weighted by Crippen LogP contribution is 2.35. The van der Waals surface area contributed by atoms with E-state index in [2.05, 4.69) is 16.6 Å². The second kappa shape index (κ2) is 11.4. The van der Waals surface area contributed by atoms with Gasteiger partial charge in [-0.05, 0) is 67.6 Å². The van der Waals surface area contributed by atoms with Gasteiger partial charge in [-0.1, -0.05) is 17.9 Å². The molecule has 0 amide bonds. The van der Waals surface area contributed by atoms with Crippen LogP contribution in [-0.2, 0) is 9.53 Å². The van der Waals surface area contributed by atoms with Crippen molar-refractivity contribution >= 4 is 5.97 Å². The molecule has 0 unspecified atom stereocenters. The quantitative estimate of drug-likeness (QED) is 0.408. The molecule has 0 N–H and O–H groups in total. The topological polar surface area (TPSA) is 54.0 Å². The van der Waals surface area contributed by atoms with Crippen molar-refractivity contribution in [3.05, 3.63) is 53.6 Å². The smallest absolute Gasteiger partial charge is 0.387 e. The highest BCUT2D eigenvalue weighted by molar-refractivity contribution is 5.71. The predicted octanol–water partition coefficient (Wildman–Crippen LogP) is 5.32. The van der Waals surface area contributed by atoms with Crippen molar-refractivity contribution in [2.75, 3.05) is 14.2 Å². The van der Waals surface area contributed by atoms with E-state index in [0.717, 1.165) is 31.2 Å². The van der Waals surface area contributed by atoms with Gasteiger partial charge in [-0.2, -0.15) is 8.78 Å². The number of hydrogen-bond donors (Lipinski definition) is 0. The maximum atomic E-state index is 12.3. The molecule has 2 aromatic rings. The van der Waals surface area contributed by atoms with E-state index in [4.69, 9.17) is 14.2 Å². The Morgan fingerprint density at radius 1 is 1.06 bits per heavy atom. The summed E-state index contributed by atoms with van der Waals surface area (Å²) in [5, 5.41) is 0. The highest BCUT2D eigenvalue weighted by atomic mass is 19.3. The van der Waals surface area contributed by atoms with Gasteiger partial charge in [-0.3, -0.25) is 4.79 Å². The largest absolute Gasteiger partial charge is 0.493 e. The average molecular weight is 444 g/mol. The number of carbonyl (C=O) groups is 1. The van der Waals surface area contributed by atoms with Crippen LogP contribution in [0.2, 0.25) is 0 Å². The molecule has 1 saturated carbocycles. The van der Waals surface area contributed by atoms with Crippen molar-refractivity contribution in [3.8, 4) is 29.1 Å². The first-order valence-electron chi connectivity index (χ1n) is 10.5. The summed E-state index contributed by atoms with van der Waals surface area (Å²) in [6.45, 7) is -2.88. The van der Waals surface area contributed by atoms with Gasteiger partial charge >= 0.3 is 12.6 Å². The van der Waals surface area contributed by atoms with Gasteiger partial charge in [-0.15, -0.1) is 0 Å². The molecule has 0 radical (unpaired) electrons. The van der Waals surface area contributed by atoms with E-state index in [1.54, 1.807) is 19.2 Å². The fourth-order valence-electron chi connectivity index (χ4n) is 3.58. The number of benzene rings is 2. The van der Waals surface area contributed by atoms with Crippen LogP contribution < -0.4 is 14.2 Å². The Bertz CT molecular complexity index is 957. The SMILES string of the molecule is COC(=O)C[C@H](C#Cc1ccc(OC(F)F)cc1)c1ccc(OC)c(OC2CCCC2)c1. The Morgan fingerprint density at radius 3 is 2.41 bits per heavy atom. The zero-order chi connectivity index (χ0) is 22.9. The zero-order valence-corrected chi connectivity index (χ0v) is 18.1. The first kappa shape index (κ1) is 23.4. The molecular weight excluding hydrogens is 418 g/mol. The second-order valence-electron chi connectivity index (χ2n) is 7.44. The molecule has 1 atom stereocenters. The van der Waals surface area contributed by atoms with Crippen molar-refractivity contribution in [1.82, 2.24) is 0 Å². The lowest BCUT2D eigenvalue weighted by Gasteiger charge is -2.18. The monoisotopic (exact) mass is 444 g/mol. The number of ether oxygens (including phenoxy) is 4. The fourth-order valence-corrected chi connectivity index (χ4v) is 3.58. The summed E-state index contributed by atoms with van der Waals surface area (Å²) >= 11 is 0. The highest BCUT2D eigenvalue weighted by Gasteiger charge is 2.21. The standard InChI is InChI=1S/C25H26F2O5/c1-29-22-14-11-18(15-23(22)31-20-5-3-4-6-20)19(16-24(28)30-2)10-7-17-8-12-21(13-9-17)32-25(26)27/h8-9,11-15,19-20,25H,3-6,16H2,1-2H3/t19-/m0/s1. The van der Waals surface area contributed by atoms with Crippen LogP contribution in [0.1, 0.15) is 49.1 Å². The summed E-state index contributed by atoms with van der Waals surface area (Å²) in [5.74, 6) is 6.57. The predicted molar refractivity (Wildman–Crippen MR) is 115 cm³/mol. The van der Waals surface area contributed by atoms with Gasteiger partial charge in [0, 0.05) is 5.56 Å². The molecule has 1 aliphatic rings. The lowest BCUT2D eigenvalue weighted by molar-refractivity contribution is -0.140. The van der Waals surface area contributed by atoms with Crippen molar-refractivity contribution in [3.63, 3.8) is 0 Å². The van der Waals surface area contributed by atoms with Gasteiger partial charge in [-0.25, -0.2) is 0 Å². The van der Waals surface area contributed by atoms with Gasteiger partial charge in [0.05, 0.1) is 32.7 Å². The summed E-state index contributed by atoms with van der Waals surface area (Å²) in [6.07, 6.45) is 4.51. The van der Waals surface area contributed by atoms with Crippen LogP contribution in [0.25, 0.3) is 0 Å². The van der Waals surface area contributed by atoms with Gasteiger partial charge < -0.3 is 18.9 Å². The Kier molecular flexibility index (Phi) is 8.32. The summed E-state index contributed by atoms with van der Waals surface area (Å²) in [7, 11) is 2.92. The van der Waals surface area contributed by atoms with Crippen LogP contribution in [-0.4, -0.2) is 32.9 Å². The van der Waals surface area contributed by atoms with E-state index in [9.17, 15) is 13.6 Å². The molecule has 7 heteroatoms. The fraction of sp³-hybridized carbons (Fsp3) is 0.400. The Morgan fingerprint density at radius 2 is 1.78 bits per heavy atom. The van der Waals surface area contributed by atoms with E-state index in [1.165, 1.54) is 19.2 Å². The van der Waals surface area contributed by atoms with Crippen LogP contribution in [0.3, 0.4) is 0 Å². The Balaban J connectivity index is 1.85. The number of rotatable bonds is 8. The number of halogens is 2. The van der Waals surface area contributed by atoms with Crippen molar-refractivity contribution in [1.29, 1.82) is 0 Å². The van der Waals surface area contributed by atoms with Crippen molar-refractivity contribution in [2.45, 2.75) is 50.7 Å². The maximum Gasteiger partial charge on any atom is 0.387 e.